The van der Waals surface area contributed by atoms with E-state index in [1.54, 1.807) is 54.9 Å². The molecule has 4 aromatic carbocycles. The SMILES string of the molecule is C.N.N#CCCC(=O)c1ccc(-c2ccnc(Cl)n2)cc1.N#CCCC(=O)c1ccc(-c2ccnc(Nc3ccc(N4C[C@H]5C[C@@H]4CO5)cc3)n2)cc1.Nc1ccc(N2C[C@H]3C[C@@H]2CO3)cc1. The van der Waals surface area contributed by atoms with Gasteiger partial charge in [-0.3, -0.25) is 9.59 Å². The van der Waals surface area contributed by atoms with Gasteiger partial charge in [-0.15, -0.1) is 0 Å². The number of fused-ring (bicyclic) bond motifs is 4. The number of nitrogen functional groups attached to an aromatic ring is 1. The quantitative estimate of drug-likeness (QED) is 0.0589. The summed E-state index contributed by atoms with van der Waals surface area (Å²) in [5.41, 5.74) is 14.3. The van der Waals surface area contributed by atoms with Crippen LogP contribution in [0.3, 0.4) is 0 Å². The minimum atomic E-state index is -0.0335. The van der Waals surface area contributed by atoms with E-state index in [9.17, 15) is 9.59 Å². The number of rotatable bonds is 12. The highest BCUT2D eigenvalue weighted by molar-refractivity contribution is 6.28. The second kappa shape index (κ2) is 23.3. The highest BCUT2D eigenvalue weighted by Gasteiger charge is 2.39. The number of hydrogen-bond acceptors (Lipinski definition) is 15. The van der Waals surface area contributed by atoms with Crippen LogP contribution >= 0.6 is 11.6 Å². The fourth-order valence-electron chi connectivity index (χ4n) is 8.32. The highest BCUT2D eigenvalue weighted by Crippen LogP contribution is 2.34. The molecule has 4 saturated heterocycles. The van der Waals surface area contributed by atoms with Crippen molar-refractivity contribution in [1.29, 1.82) is 10.5 Å². The van der Waals surface area contributed by atoms with Gasteiger partial charge in [0, 0.05) is 96.2 Å². The summed E-state index contributed by atoms with van der Waals surface area (Å²) in [6.07, 6.45) is 7.38. The number of nitrogens with two attached hydrogens (primary N) is 1. The first-order valence-corrected chi connectivity index (χ1v) is 21.9. The molecule has 344 valence electrons. The van der Waals surface area contributed by atoms with Crippen molar-refractivity contribution in [3.8, 4) is 34.7 Å². The molecule has 15 nitrogen and oxygen atoms in total. The molecule has 10 rings (SSSR count). The van der Waals surface area contributed by atoms with Gasteiger partial charge < -0.3 is 36.5 Å². The summed E-state index contributed by atoms with van der Waals surface area (Å²) in [6, 6.07) is 39.4. The Morgan fingerprint density at radius 1 is 0.672 bits per heavy atom. The molecule has 0 unspecified atom stereocenters. The molecule has 6 N–H and O–H groups in total. The van der Waals surface area contributed by atoms with E-state index in [0.29, 0.717) is 47.1 Å². The van der Waals surface area contributed by atoms with Crippen molar-refractivity contribution in [1.82, 2.24) is 26.1 Å². The van der Waals surface area contributed by atoms with Crippen molar-refractivity contribution < 1.29 is 19.1 Å². The third-order valence-electron chi connectivity index (χ3n) is 11.7. The maximum Gasteiger partial charge on any atom is 0.227 e. The van der Waals surface area contributed by atoms with Crippen LogP contribution in [0.25, 0.3) is 22.5 Å². The Labute approximate surface area is 396 Å². The molecule has 4 aliphatic heterocycles. The fourth-order valence-corrected chi connectivity index (χ4v) is 8.47. The summed E-state index contributed by atoms with van der Waals surface area (Å²) in [6.45, 7) is 3.70. The van der Waals surface area contributed by atoms with Crippen LogP contribution in [0.4, 0.5) is 28.7 Å². The lowest BCUT2D eigenvalue weighted by molar-refractivity contribution is 0.0976. The van der Waals surface area contributed by atoms with E-state index in [1.165, 1.54) is 17.8 Å². The van der Waals surface area contributed by atoms with Gasteiger partial charge in [-0.2, -0.15) is 10.5 Å². The first kappa shape index (κ1) is 49.2. The van der Waals surface area contributed by atoms with Gasteiger partial charge in [-0.05, 0) is 85.1 Å². The molecule has 0 radical (unpaired) electrons. The first-order valence-electron chi connectivity index (χ1n) is 21.5. The van der Waals surface area contributed by atoms with E-state index >= 15 is 0 Å². The first-order chi connectivity index (χ1) is 31.7. The van der Waals surface area contributed by atoms with Gasteiger partial charge in [0.25, 0.3) is 0 Å². The number of hydrogen-bond donors (Lipinski definition) is 3. The molecule has 0 saturated carbocycles. The van der Waals surface area contributed by atoms with Crippen molar-refractivity contribution in [3.05, 3.63) is 138 Å². The second-order valence-electron chi connectivity index (χ2n) is 16.1. The summed E-state index contributed by atoms with van der Waals surface area (Å²) in [7, 11) is 0. The molecule has 0 spiro atoms. The van der Waals surface area contributed by atoms with Crippen LogP contribution in [0.1, 0.15) is 66.7 Å². The number of benzene rings is 4. The Balaban J connectivity index is 0.000000180. The summed E-state index contributed by atoms with van der Waals surface area (Å²) < 4.78 is 11.2. The number of ether oxygens (including phenoxy) is 2. The number of anilines is 5. The summed E-state index contributed by atoms with van der Waals surface area (Å²) >= 11 is 5.73. The number of carbonyl (C=O) groups excluding carboxylic acids is 2. The number of ketones is 2. The molecule has 4 bridgehead atoms. The van der Waals surface area contributed by atoms with Gasteiger partial charge in [0.15, 0.2) is 11.6 Å². The van der Waals surface area contributed by atoms with Crippen LogP contribution in [0.5, 0.6) is 0 Å². The van der Waals surface area contributed by atoms with Crippen LogP contribution in [-0.4, -0.2) is 82.1 Å². The van der Waals surface area contributed by atoms with Gasteiger partial charge in [0.05, 0.1) is 61.0 Å². The maximum absolute atomic E-state index is 12.1. The Morgan fingerprint density at radius 2 is 1.13 bits per heavy atom. The molecule has 16 heteroatoms. The van der Waals surface area contributed by atoms with Crippen LogP contribution in [-0.2, 0) is 9.47 Å². The third kappa shape index (κ3) is 12.5. The van der Waals surface area contributed by atoms with Gasteiger partial charge in [-0.25, -0.2) is 19.9 Å². The number of carbonyl (C=O) groups is 2. The number of nitrogens with one attached hydrogen (secondary N) is 1. The summed E-state index contributed by atoms with van der Waals surface area (Å²) in [5, 5.41) is 20.6. The number of halogens is 1. The molecular weight excluding hydrogens is 866 g/mol. The van der Waals surface area contributed by atoms with Crippen molar-refractivity contribution in [3.63, 3.8) is 0 Å². The molecular formula is C51H54ClN11O4. The summed E-state index contributed by atoms with van der Waals surface area (Å²) in [5.74, 6) is 0.452. The largest absolute Gasteiger partial charge is 0.399 e. The average Bonchev–Trinajstić information content (AvgIpc) is 4.19. The molecule has 0 aliphatic carbocycles. The Hall–Kier alpha value is -7.27. The van der Waals surface area contributed by atoms with Gasteiger partial charge in [0.2, 0.25) is 11.2 Å². The predicted molar refractivity (Wildman–Crippen MR) is 262 cm³/mol. The van der Waals surface area contributed by atoms with E-state index in [1.807, 2.05) is 54.6 Å². The fraction of sp³-hybridized carbons (Fsp3) is 0.294. The lowest BCUT2D eigenvalue weighted by atomic mass is 10.0. The molecule has 6 heterocycles. The molecule has 2 aromatic heterocycles. The molecule has 4 fully saturated rings. The number of nitriles is 2. The molecule has 67 heavy (non-hydrogen) atoms. The maximum atomic E-state index is 12.1. The highest BCUT2D eigenvalue weighted by atomic mass is 35.5. The monoisotopic (exact) mass is 919 g/mol. The molecule has 0 amide bonds. The van der Waals surface area contributed by atoms with Crippen molar-refractivity contribution in [2.24, 2.45) is 0 Å². The molecule has 4 atom stereocenters. The minimum absolute atomic E-state index is 0. The standard InChI is InChI=1S/C25H23N5O2.C14H10ClN3O.C11H14N2O.CH4.H3N/c26-12-1-2-24(31)18-5-3-17(4-6-18)23-11-13-27-25(29-23)28-19-7-9-20(10-8-19)30-15-22-14-21(30)16-32-22;15-14-17-9-7-12(18-14)10-3-5-11(6-4-10)13(19)2-1-8-16;12-8-1-3-9(4-2-8)13-6-11-5-10(13)7-14-11;;/h3-11,13,21-22H,1-2,14-16H2,(H,27,28,29);3-7,9H,1-2H2;1-4,10-11H,5-7,12H2;1H4;1H3/t21-,22-;;10-,11-;;/m1.1../s1. The average molecular weight is 921 g/mol. The zero-order chi connectivity index (χ0) is 45.1. The number of Topliss-reactive ketones (excluding diaryl/α,β-unsaturated/α-hetero) is 2. The predicted octanol–water partition coefficient (Wildman–Crippen LogP) is 9.68. The number of morpholine rings is 2. The normalized spacial score (nSPS) is 18.1. The van der Waals surface area contributed by atoms with Gasteiger partial charge in [0.1, 0.15) is 0 Å². The molecule has 6 aromatic rings. The Morgan fingerprint density at radius 3 is 1.57 bits per heavy atom. The topological polar surface area (TPSA) is 231 Å². The van der Waals surface area contributed by atoms with Crippen LogP contribution in [0, 0.1) is 22.7 Å². The van der Waals surface area contributed by atoms with E-state index in [0.717, 1.165) is 60.9 Å². The van der Waals surface area contributed by atoms with E-state index in [4.69, 9.17) is 37.3 Å². The lowest BCUT2D eigenvalue weighted by Gasteiger charge is -2.29. The van der Waals surface area contributed by atoms with E-state index in [-0.39, 0.29) is 56.1 Å². The van der Waals surface area contributed by atoms with E-state index < -0.39 is 0 Å². The Kier molecular flexibility index (Phi) is 17.1. The van der Waals surface area contributed by atoms with Crippen molar-refractivity contribution in [2.75, 3.05) is 47.2 Å². The smallest absolute Gasteiger partial charge is 0.227 e. The number of aromatic nitrogens is 4. The minimum Gasteiger partial charge on any atom is -0.399 e. The third-order valence-corrected chi connectivity index (χ3v) is 11.9. The van der Waals surface area contributed by atoms with Gasteiger partial charge >= 0.3 is 0 Å². The van der Waals surface area contributed by atoms with E-state index in [2.05, 4.69) is 59.3 Å². The zero-order valence-corrected chi connectivity index (χ0v) is 37.1. The lowest BCUT2D eigenvalue weighted by Crippen LogP contribution is -2.36. The van der Waals surface area contributed by atoms with Crippen LogP contribution < -0.4 is 27.0 Å². The van der Waals surface area contributed by atoms with Gasteiger partial charge in [-0.1, -0.05) is 56.0 Å². The zero-order valence-electron chi connectivity index (χ0n) is 36.3. The Bertz CT molecular complexity index is 2670. The van der Waals surface area contributed by atoms with Crippen LogP contribution in [0.2, 0.25) is 5.28 Å². The summed E-state index contributed by atoms with van der Waals surface area (Å²) in [4.78, 5) is 45.5. The van der Waals surface area contributed by atoms with Crippen molar-refractivity contribution >= 4 is 51.9 Å². The van der Waals surface area contributed by atoms with Crippen LogP contribution in [0.15, 0.2) is 122 Å². The second-order valence-corrected chi connectivity index (χ2v) is 16.4. The van der Waals surface area contributed by atoms with Crippen molar-refractivity contribution in [2.45, 2.75) is 70.2 Å². The number of nitrogens with zero attached hydrogens (tertiary/aromatic N) is 8. The molecule has 4 aliphatic rings.